The van der Waals surface area contributed by atoms with Crippen LogP contribution in [0.2, 0.25) is 5.02 Å². The lowest BCUT2D eigenvalue weighted by molar-refractivity contribution is -0.126. The third kappa shape index (κ3) is 5.21. The maximum absolute atomic E-state index is 16.4. The number of halogens is 3. The fourth-order valence-corrected chi connectivity index (χ4v) is 5.71. The van der Waals surface area contributed by atoms with Crippen LogP contribution in [0.4, 0.5) is 19.6 Å². The van der Waals surface area contributed by atoms with Crippen LogP contribution in [-0.2, 0) is 4.79 Å². The molecular weight excluding hydrogens is 546 g/mol. The molecule has 204 valence electrons. The number of nitrogens with zero attached hydrogens (tertiary/aromatic N) is 5. The van der Waals surface area contributed by atoms with Gasteiger partial charge >= 0.3 is 0 Å². The summed E-state index contributed by atoms with van der Waals surface area (Å²) >= 11 is 7.69. The fourth-order valence-electron chi connectivity index (χ4n) is 4.66. The summed E-state index contributed by atoms with van der Waals surface area (Å²) in [5.74, 6) is -1.03. The molecule has 1 aliphatic rings. The van der Waals surface area contributed by atoms with Crippen LogP contribution < -0.4 is 15.4 Å². The molecule has 1 amide bonds. The van der Waals surface area contributed by atoms with E-state index in [9.17, 15) is 9.18 Å². The van der Waals surface area contributed by atoms with Gasteiger partial charge in [0.05, 0.1) is 20.9 Å². The Morgan fingerprint density at radius 3 is 2.64 bits per heavy atom. The van der Waals surface area contributed by atoms with Gasteiger partial charge < -0.3 is 25.2 Å². The van der Waals surface area contributed by atoms with Gasteiger partial charge in [0.2, 0.25) is 11.8 Å². The Morgan fingerprint density at radius 2 is 1.95 bits per heavy atom. The monoisotopic (exact) mass is 572 g/mol. The van der Waals surface area contributed by atoms with Crippen LogP contribution in [0.1, 0.15) is 0 Å². The van der Waals surface area contributed by atoms with Gasteiger partial charge in [-0.25, -0.2) is 18.7 Å². The molecule has 0 saturated carbocycles. The predicted octanol–water partition coefficient (Wildman–Crippen LogP) is 4.80. The lowest BCUT2D eigenvalue weighted by Gasteiger charge is -2.36. The van der Waals surface area contributed by atoms with Crippen LogP contribution in [0.3, 0.4) is 0 Å². The normalized spacial score (nSPS) is 14.0. The minimum Gasteiger partial charge on any atom is -0.476 e. The maximum Gasteiger partial charge on any atom is 0.246 e. The van der Waals surface area contributed by atoms with Gasteiger partial charge in [0, 0.05) is 55.3 Å². The first-order chi connectivity index (χ1) is 18.7. The second-order valence-corrected chi connectivity index (χ2v) is 10.9. The van der Waals surface area contributed by atoms with Crippen molar-refractivity contribution in [2.75, 3.05) is 64.1 Å². The van der Waals surface area contributed by atoms with E-state index in [1.165, 1.54) is 18.2 Å². The zero-order valence-corrected chi connectivity index (χ0v) is 23.1. The summed E-state index contributed by atoms with van der Waals surface area (Å²) < 4.78 is 37.0. The number of nitrogen functional groups attached to an aromatic ring is 1. The Bertz CT molecular complexity index is 1590. The number of anilines is 2. The fraction of sp³-hybridized carbons (Fsp3) is 0.296. The SMILES string of the molecule is C=CC(=O)N1CCN(c2cc(OCCN(C)C)nc3c(F)c(-c4ccc(F)c5sc(N)nc45)c(Cl)cc23)CC1. The number of aromatic nitrogens is 2. The van der Waals surface area contributed by atoms with Gasteiger partial charge in [0.15, 0.2) is 10.9 Å². The number of nitrogens with two attached hydrogens (primary N) is 1. The van der Waals surface area contributed by atoms with Crippen LogP contribution in [0, 0.1) is 11.6 Å². The number of ether oxygens (including phenoxy) is 1. The molecule has 12 heteroatoms. The summed E-state index contributed by atoms with van der Waals surface area (Å²) in [7, 11) is 3.85. The quantitative estimate of drug-likeness (QED) is 0.318. The number of amides is 1. The van der Waals surface area contributed by atoms with Crippen molar-refractivity contribution in [2.45, 2.75) is 0 Å². The number of fused-ring (bicyclic) bond motifs is 2. The topological polar surface area (TPSA) is 87.8 Å². The van der Waals surface area contributed by atoms with Crippen LogP contribution in [0.25, 0.3) is 32.2 Å². The molecule has 2 aromatic heterocycles. The highest BCUT2D eigenvalue weighted by molar-refractivity contribution is 7.22. The van der Waals surface area contributed by atoms with E-state index in [4.69, 9.17) is 22.1 Å². The molecule has 0 radical (unpaired) electrons. The van der Waals surface area contributed by atoms with E-state index in [1.807, 2.05) is 19.0 Å². The van der Waals surface area contributed by atoms with Crippen molar-refractivity contribution < 1.29 is 18.3 Å². The van der Waals surface area contributed by atoms with Crippen LogP contribution in [-0.4, -0.2) is 79.1 Å². The molecule has 2 aromatic carbocycles. The van der Waals surface area contributed by atoms with E-state index in [2.05, 4.69) is 21.4 Å². The van der Waals surface area contributed by atoms with Gasteiger partial charge in [-0.05, 0) is 38.4 Å². The maximum atomic E-state index is 16.4. The van der Waals surface area contributed by atoms with Crippen molar-refractivity contribution in [2.24, 2.45) is 0 Å². The second-order valence-electron chi connectivity index (χ2n) is 9.42. The predicted molar refractivity (Wildman–Crippen MR) is 153 cm³/mol. The van der Waals surface area contributed by atoms with Gasteiger partial charge in [0.1, 0.15) is 17.9 Å². The zero-order valence-electron chi connectivity index (χ0n) is 21.5. The molecular formula is C27H27ClF2N6O2S. The van der Waals surface area contributed by atoms with E-state index < -0.39 is 11.6 Å². The van der Waals surface area contributed by atoms with Crippen LogP contribution in [0.5, 0.6) is 5.88 Å². The second kappa shape index (κ2) is 10.9. The summed E-state index contributed by atoms with van der Waals surface area (Å²) in [5.41, 5.74) is 7.23. The van der Waals surface area contributed by atoms with Gasteiger partial charge in [0.25, 0.3) is 0 Å². The van der Waals surface area contributed by atoms with Gasteiger partial charge in [-0.15, -0.1) is 0 Å². The van der Waals surface area contributed by atoms with E-state index in [1.54, 1.807) is 17.0 Å². The third-order valence-electron chi connectivity index (χ3n) is 6.63. The van der Waals surface area contributed by atoms with Gasteiger partial charge in [-0.2, -0.15) is 0 Å². The lowest BCUT2D eigenvalue weighted by Crippen LogP contribution is -2.48. The smallest absolute Gasteiger partial charge is 0.246 e. The summed E-state index contributed by atoms with van der Waals surface area (Å²) in [4.78, 5) is 26.6. The van der Waals surface area contributed by atoms with E-state index in [0.717, 1.165) is 11.3 Å². The molecule has 0 spiro atoms. The Kier molecular flexibility index (Phi) is 7.57. The molecule has 3 heterocycles. The molecule has 8 nitrogen and oxygen atoms in total. The first kappa shape index (κ1) is 27.0. The zero-order chi connectivity index (χ0) is 27.8. The summed E-state index contributed by atoms with van der Waals surface area (Å²) in [5, 5.41) is 0.796. The number of hydrogen-bond acceptors (Lipinski definition) is 8. The van der Waals surface area contributed by atoms with Crippen molar-refractivity contribution in [3.8, 4) is 17.0 Å². The van der Waals surface area contributed by atoms with E-state index in [0.29, 0.717) is 56.0 Å². The molecule has 2 N–H and O–H groups in total. The molecule has 0 unspecified atom stereocenters. The van der Waals surface area contributed by atoms with Gasteiger partial charge in [-0.3, -0.25) is 4.79 Å². The number of rotatable bonds is 7. The average Bonchev–Trinajstić information content (AvgIpc) is 3.32. The van der Waals surface area contributed by atoms with Crippen LogP contribution in [0.15, 0.2) is 36.9 Å². The molecule has 1 fully saturated rings. The molecule has 0 atom stereocenters. The van der Waals surface area contributed by atoms with E-state index >= 15 is 4.39 Å². The number of pyridine rings is 1. The van der Waals surface area contributed by atoms with E-state index in [-0.39, 0.29) is 43.2 Å². The first-order valence-corrected chi connectivity index (χ1v) is 13.5. The number of hydrogen-bond donors (Lipinski definition) is 1. The highest BCUT2D eigenvalue weighted by Crippen LogP contribution is 2.43. The molecule has 1 aliphatic heterocycles. The summed E-state index contributed by atoms with van der Waals surface area (Å²) in [6.07, 6.45) is 1.30. The Hall–Kier alpha value is -3.54. The van der Waals surface area contributed by atoms with Gasteiger partial charge in [-0.1, -0.05) is 29.5 Å². The molecule has 5 rings (SSSR count). The minimum atomic E-state index is -0.670. The van der Waals surface area contributed by atoms with Crippen molar-refractivity contribution in [3.05, 3.63) is 53.6 Å². The highest BCUT2D eigenvalue weighted by Gasteiger charge is 2.26. The molecule has 1 saturated heterocycles. The van der Waals surface area contributed by atoms with Crippen molar-refractivity contribution in [3.63, 3.8) is 0 Å². The Labute approximate surface area is 233 Å². The summed E-state index contributed by atoms with van der Waals surface area (Å²) in [6, 6.07) is 6.13. The van der Waals surface area contributed by atoms with Crippen molar-refractivity contribution in [1.29, 1.82) is 0 Å². The number of benzene rings is 2. The number of thiazole rings is 1. The largest absolute Gasteiger partial charge is 0.476 e. The lowest BCUT2D eigenvalue weighted by atomic mass is 10.00. The van der Waals surface area contributed by atoms with Crippen molar-refractivity contribution in [1.82, 2.24) is 19.8 Å². The number of carbonyl (C=O) groups excluding carboxylic acids is 1. The molecule has 39 heavy (non-hydrogen) atoms. The molecule has 4 aromatic rings. The number of likely N-dealkylation sites (N-methyl/N-ethyl adjacent to an activating group) is 1. The van der Waals surface area contributed by atoms with Crippen molar-refractivity contribution >= 4 is 60.8 Å². The average molecular weight is 573 g/mol. The van der Waals surface area contributed by atoms with Crippen LogP contribution >= 0.6 is 22.9 Å². The standard InChI is InChI=1S/C27H27ClF2N6O2S/c1-4-21(37)36-9-7-35(8-10-36)19-14-20(38-12-11-34(2)3)32-24-16(19)13-17(28)22(23(24)30)15-5-6-18(29)26-25(15)33-27(31)39-26/h4-6,13-14H,1,7-12H2,2-3H3,(H2,31,33). The Morgan fingerprint density at radius 1 is 1.21 bits per heavy atom. The minimum absolute atomic E-state index is 0.0600. The molecule has 0 aliphatic carbocycles. The third-order valence-corrected chi connectivity index (χ3v) is 7.82. The number of carbonyl (C=O) groups is 1. The summed E-state index contributed by atoms with van der Waals surface area (Å²) in [6.45, 7) is 6.57. The Balaban J connectivity index is 1.65. The highest BCUT2D eigenvalue weighted by atomic mass is 35.5. The molecule has 0 bridgehead atoms. The number of piperazine rings is 1. The first-order valence-electron chi connectivity index (χ1n) is 12.3.